The summed E-state index contributed by atoms with van der Waals surface area (Å²) < 4.78 is 0. The van der Waals surface area contributed by atoms with Crippen molar-refractivity contribution in [2.75, 3.05) is 20.6 Å². The SMILES string of the molecule is C[C@@H](O)C1C(=O)N2C(C(=O)O)=C(SC3CN[C@H](C(=O)N(C)C)C3)[C@H](C)C12. The Morgan fingerprint density at radius 2 is 2.04 bits per heavy atom. The molecule has 2 saturated heterocycles. The van der Waals surface area contributed by atoms with E-state index in [2.05, 4.69) is 5.32 Å². The monoisotopic (exact) mass is 383 g/mol. The predicted octanol–water partition coefficient (Wildman–Crippen LogP) is -0.308. The number of hydrogen-bond acceptors (Lipinski definition) is 6. The minimum absolute atomic E-state index is 0.00757. The largest absolute Gasteiger partial charge is 0.477 e. The van der Waals surface area contributed by atoms with E-state index in [1.165, 1.54) is 16.7 Å². The van der Waals surface area contributed by atoms with Crippen LogP contribution in [0, 0.1) is 11.8 Å². The number of likely N-dealkylation sites (N-methyl/N-ethyl adjacent to an activating group) is 1. The molecule has 0 aromatic heterocycles. The molecule has 9 heteroatoms. The highest BCUT2D eigenvalue weighted by molar-refractivity contribution is 8.03. The van der Waals surface area contributed by atoms with Gasteiger partial charge in [-0.3, -0.25) is 9.59 Å². The molecular weight excluding hydrogens is 358 g/mol. The van der Waals surface area contributed by atoms with Gasteiger partial charge in [0.15, 0.2) is 0 Å². The minimum Gasteiger partial charge on any atom is -0.477 e. The standard InChI is InChI=1S/C17H25N3O5S/c1-7-12-11(8(2)21)16(23)20(12)13(17(24)25)14(7)26-9-5-10(18-6-9)15(22)19(3)4/h7-12,18,21H,5-6H2,1-4H3,(H,24,25)/t7-,8-,9?,10+,11?,12?/m1/s1. The molecule has 0 aromatic carbocycles. The molecule has 0 radical (unpaired) electrons. The van der Waals surface area contributed by atoms with E-state index in [0.717, 1.165) is 0 Å². The Kier molecular flexibility index (Phi) is 5.06. The van der Waals surface area contributed by atoms with Crippen molar-refractivity contribution < 1.29 is 24.6 Å². The summed E-state index contributed by atoms with van der Waals surface area (Å²) in [6.07, 6.45) is -0.190. The molecule has 0 spiro atoms. The van der Waals surface area contributed by atoms with Crippen LogP contribution in [-0.4, -0.2) is 81.9 Å². The second kappa shape index (κ2) is 6.86. The fraction of sp³-hybridized carbons (Fsp3) is 0.706. The summed E-state index contributed by atoms with van der Waals surface area (Å²) in [4.78, 5) is 39.8. The molecule has 8 nitrogen and oxygen atoms in total. The molecule has 3 unspecified atom stereocenters. The van der Waals surface area contributed by atoms with Gasteiger partial charge in [-0.2, -0.15) is 0 Å². The number of nitrogens with zero attached hydrogens (tertiary/aromatic N) is 2. The molecule has 6 atom stereocenters. The van der Waals surface area contributed by atoms with Crippen LogP contribution in [0.4, 0.5) is 0 Å². The smallest absolute Gasteiger partial charge is 0.353 e. The first-order valence-corrected chi connectivity index (χ1v) is 9.62. The highest BCUT2D eigenvalue weighted by atomic mass is 32.2. The number of β-lactam (4-membered cyclic amide) rings is 1. The highest BCUT2D eigenvalue weighted by Crippen LogP contribution is 2.51. The van der Waals surface area contributed by atoms with Crippen molar-refractivity contribution >= 4 is 29.5 Å². The molecule has 0 saturated carbocycles. The maximum absolute atomic E-state index is 12.3. The summed E-state index contributed by atoms with van der Waals surface area (Å²) in [7, 11) is 3.42. The molecule has 0 aromatic rings. The molecule has 3 heterocycles. The molecule has 0 aliphatic carbocycles. The summed E-state index contributed by atoms with van der Waals surface area (Å²) in [6, 6.07) is -0.568. The van der Waals surface area contributed by atoms with Crippen LogP contribution in [0.5, 0.6) is 0 Å². The van der Waals surface area contributed by atoms with E-state index in [0.29, 0.717) is 17.9 Å². The molecule has 2 amide bonds. The van der Waals surface area contributed by atoms with Crippen LogP contribution in [-0.2, 0) is 14.4 Å². The Labute approximate surface area is 156 Å². The number of carboxylic acids is 1. The summed E-state index contributed by atoms with van der Waals surface area (Å²) >= 11 is 1.45. The quantitative estimate of drug-likeness (QED) is 0.559. The van der Waals surface area contributed by atoms with Gasteiger partial charge in [-0.25, -0.2) is 4.79 Å². The van der Waals surface area contributed by atoms with Gasteiger partial charge in [-0.15, -0.1) is 11.8 Å². The van der Waals surface area contributed by atoms with E-state index in [1.807, 2.05) is 6.92 Å². The van der Waals surface area contributed by atoms with Crippen LogP contribution >= 0.6 is 11.8 Å². The van der Waals surface area contributed by atoms with Crippen molar-refractivity contribution in [1.82, 2.24) is 15.1 Å². The van der Waals surface area contributed by atoms with Gasteiger partial charge < -0.3 is 25.3 Å². The Morgan fingerprint density at radius 3 is 2.58 bits per heavy atom. The third-order valence-electron chi connectivity index (χ3n) is 5.43. The lowest BCUT2D eigenvalue weighted by Crippen LogP contribution is -2.63. The zero-order valence-electron chi connectivity index (χ0n) is 15.3. The fourth-order valence-corrected chi connectivity index (χ4v) is 5.63. The van der Waals surface area contributed by atoms with Gasteiger partial charge in [0.05, 0.1) is 24.1 Å². The van der Waals surface area contributed by atoms with Gasteiger partial charge in [0.25, 0.3) is 0 Å². The fourth-order valence-electron chi connectivity index (χ4n) is 4.15. The van der Waals surface area contributed by atoms with E-state index >= 15 is 0 Å². The minimum atomic E-state index is -1.12. The van der Waals surface area contributed by atoms with Crippen molar-refractivity contribution in [3.05, 3.63) is 10.6 Å². The molecule has 3 aliphatic heterocycles. The van der Waals surface area contributed by atoms with Crippen LogP contribution in [0.25, 0.3) is 0 Å². The number of carbonyl (C=O) groups excluding carboxylic acids is 2. The zero-order valence-corrected chi connectivity index (χ0v) is 16.1. The number of rotatable bonds is 5. The lowest BCUT2D eigenvalue weighted by Gasteiger charge is -2.46. The maximum atomic E-state index is 12.3. The van der Waals surface area contributed by atoms with E-state index in [1.54, 1.807) is 25.9 Å². The number of hydrogen-bond donors (Lipinski definition) is 3. The average Bonchev–Trinajstić information content (AvgIpc) is 3.09. The maximum Gasteiger partial charge on any atom is 0.353 e. The summed E-state index contributed by atoms with van der Waals surface area (Å²) in [5.41, 5.74) is 0.0387. The lowest BCUT2D eigenvalue weighted by atomic mass is 9.79. The first-order valence-electron chi connectivity index (χ1n) is 8.75. The number of nitrogens with one attached hydrogen (secondary N) is 1. The van der Waals surface area contributed by atoms with Crippen LogP contribution in [0.3, 0.4) is 0 Å². The third-order valence-corrected chi connectivity index (χ3v) is 6.95. The first kappa shape index (κ1) is 19.2. The molecular formula is C17H25N3O5S. The van der Waals surface area contributed by atoms with Crippen LogP contribution < -0.4 is 5.32 Å². The number of aliphatic carboxylic acids is 1. The molecule has 3 aliphatic rings. The number of carbonyl (C=O) groups is 3. The summed E-state index contributed by atoms with van der Waals surface area (Å²) in [5.74, 6) is -2.14. The highest BCUT2D eigenvalue weighted by Gasteiger charge is 2.60. The van der Waals surface area contributed by atoms with Crippen molar-refractivity contribution in [3.8, 4) is 0 Å². The Hall–Kier alpha value is -1.58. The van der Waals surface area contributed by atoms with Crippen LogP contribution in [0.1, 0.15) is 20.3 Å². The normalized spacial score (nSPS) is 34.6. The van der Waals surface area contributed by atoms with Crippen molar-refractivity contribution in [3.63, 3.8) is 0 Å². The molecule has 0 bridgehead atoms. The van der Waals surface area contributed by atoms with Gasteiger partial charge >= 0.3 is 5.97 Å². The van der Waals surface area contributed by atoms with Crippen LogP contribution in [0.15, 0.2) is 10.6 Å². The molecule has 144 valence electrons. The van der Waals surface area contributed by atoms with Gasteiger partial charge in [0.2, 0.25) is 11.8 Å². The van der Waals surface area contributed by atoms with Crippen molar-refractivity contribution in [1.29, 1.82) is 0 Å². The van der Waals surface area contributed by atoms with Crippen LogP contribution in [0.2, 0.25) is 0 Å². The predicted molar refractivity (Wildman–Crippen MR) is 96.1 cm³/mol. The Morgan fingerprint density at radius 1 is 1.38 bits per heavy atom. The zero-order chi connectivity index (χ0) is 19.3. The van der Waals surface area contributed by atoms with E-state index < -0.39 is 18.0 Å². The average molecular weight is 383 g/mol. The molecule has 26 heavy (non-hydrogen) atoms. The van der Waals surface area contributed by atoms with E-state index in [9.17, 15) is 24.6 Å². The molecule has 2 fully saturated rings. The van der Waals surface area contributed by atoms with Crippen molar-refractivity contribution in [2.24, 2.45) is 11.8 Å². The van der Waals surface area contributed by atoms with Gasteiger partial charge in [-0.1, -0.05) is 6.92 Å². The number of fused-ring (bicyclic) bond motifs is 1. The topological polar surface area (TPSA) is 110 Å². The van der Waals surface area contributed by atoms with Gasteiger partial charge in [-0.05, 0) is 13.3 Å². The summed E-state index contributed by atoms with van der Waals surface area (Å²) in [6.45, 7) is 4.08. The number of thioether (sulfide) groups is 1. The van der Waals surface area contributed by atoms with Gasteiger partial charge in [0, 0.05) is 36.7 Å². The first-order chi connectivity index (χ1) is 12.1. The number of amides is 2. The summed E-state index contributed by atoms with van der Waals surface area (Å²) in [5, 5.41) is 22.8. The van der Waals surface area contributed by atoms with Crippen molar-refractivity contribution in [2.45, 2.75) is 43.7 Å². The second-order valence-electron chi connectivity index (χ2n) is 7.44. The number of aliphatic hydroxyl groups excluding tert-OH is 1. The number of aliphatic hydroxyl groups is 1. The lowest BCUT2D eigenvalue weighted by molar-refractivity contribution is -0.163. The molecule has 3 N–H and O–H groups in total. The van der Waals surface area contributed by atoms with E-state index in [4.69, 9.17) is 0 Å². The second-order valence-corrected chi connectivity index (χ2v) is 8.78. The number of carboxylic acid groups (broad SMARTS) is 1. The van der Waals surface area contributed by atoms with Gasteiger partial charge in [0.1, 0.15) is 5.70 Å². The Balaban J connectivity index is 1.78. The molecule has 3 rings (SSSR count). The van der Waals surface area contributed by atoms with E-state index in [-0.39, 0.29) is 40.8 Å². The Bertz CT molecular complexity index is 677. The third kappa shape index (κ3) is 2.91.